The normalized spacial score (nSPS) is 12.5. The van der Waals surface area contributed by atoms with Gasteiger partial charge in [0.2, 0.25) is 0 Å². The molecular weight excluding hydrogens is 264 g/mol. The highest BCUT2D eigenvalue weighted by molar-refractivity contribution is 9.10. The van der Waals surface area contributed by atoms with E-state index in [2.05, 4.69) is 15.9 Å². The van der Waals surface area contributed by atoms with Crippen molar-refractivity contribution in [2.45, 2.75) is 12.7 Å². The van der Waals surface area contributed by atoms with Crippen molar-refractivity contribution >= 4 is 15.9 Å². The maximum Gasteiger partial charge on any atom is 0.133 e. The Balaban J connectivity index is 2.62. The predicted octanol–water partition coefficient (Wildman–Crippen LogP) is 0.673. The van der Waals surface area contributed by atoms with Crippen LogP contribution in [-0.2, 0) is 6.61 Å². The number of aliphatic hydroxyl groups excluding tert-OH is 3. The van der Waals surface area contributed by atoms with Crippen LogP contribution in [0.25, 0.3) is 0 Å². The quantitative estimate of drug-likeness (QED) is 0.740. The van der Waals surface area contributed by atoms with Gasteiger partial charge < -0.3 is 20.1 Å². The highest BCUT2D eigenvalue weighted by Gasteiger charge is 2.06. The second-order valence-electron chi connectivity index (χ2n) is 3.07. The van der Waals surface area contributed by atoms with Gasteiger partial charge in [-0.15, -0.1) is 0 Å². The summed E-state index contributed by atoms with van der Waals surface area (Å²) >= 11 is 3.28. The van der Waals surface area contributed by atoms with Gasteiger partial charge in [0.05, 0.1) is 17.7 Å². The summed E-state index contributed by atoms with van der Waals surface area (Å²) < 4.78 is 5.96. The van der Waals surface area contributed by atoms with E-state index in [1.165, 1.54) is 0 Å². The molecule has 1 aromatic rings. The highest BCUT2D eigenvalue weighted by atomic mass is 79.9. The molecule has 0 fully saturated rings. The average molecular weight is 277 g/mol. The van der Waals surface area contributed by atoms with Crippen LogP contribution in [0.2, 0.25) is 0 Å². The molecule has 0 saturated heterocycles. The van der Waals surface area contributed by atoms with E-state index in [1.807, 2.05) is 0 Å². The largest absolute Gasteiger partial charge is 0.490 e. The molecule has 1 atom stereocenters. The lowest BCUT2D eigenvalue weighted by Crippen LogP contribution is -2.21. The molecule has 5 heteroatoms. The zero-order chi connectivity index (χ0) is 11.3. The maximum absolute atomic E-state index is 9.08. The highest BCUT2D eigenvalue weighted by Crippen LogP contribution is 2.26. The number of halogens is 1. The minimum Gasteiger partial charge on any atom is -0.490 e. The summed E-state index contributed by atoms with van der Waals surface area (Å²) in [5, 5.41) is 26.5. The molecule has 15 heavy (non-hydrogen) atoms. The molecule has 0 aliphatic carbocycles. The predicted molar refractivity (Wildman–Crippen MR) is 58.7 cm³/mol. The summed E-state index contributed by atoms with van der Waals surface area (Å²) in [5.41, 5.74) is 0.775. The number of hydrogen-bond acceptors (Lipinski definition) is 4. The Kier molecular flexibility index (Phi) is 5.04. The average Bonchev–Trinajstić information content (AvgIpc) is 2.26. The number of rotatable bonds is 5. The Bertz CT molecular complexity index is 316. The van der Waals surface area contributed by atoms with Crippen molar-refractivity contribution in [2.75, 3.05) is 13.2 Å². The molecule has 0 heterocycles. The van der Waals surface area contributed by atoms with Crippen LogP contribution in [0.3, 0.4) is 0 Å². The van der Waals surface area contributed by atoms with Crippen LogP contribution < -0.4 is 4.74 Å². The third-order valence-corrected chi connectivity index (χ3v) is 2.44. The van der Waals surface area contributed by atoms with Crippen LogP contribution >= 0.6 is 15.9 Å². The molecule has 0 saturated carbocycles. The summed E-state index contributed by atoms with van der Waals surface area (Å²) in [7, 11) is 0. The molecule has 84 valence electrons. The van der Waals surface area contributed by atoms with Gasteiger partial charge in [-0.25, -0.2) is 0 Å². The van der Waals surface area contributed by atoms with Crippen molar-refractivity contribution in [3.63, 3.8) is 0 Å². The SMILES string of the molecule is OCc1ccc(OCC(O)CO)c(Br)c1. The maximum atomic E-state index is 9.08. The van der Waals surface area contributed by atoms with Gasteiger partial charge in [-0.3, -0.25) is 0 Å². The third-order valence-electron chi connectivity index (χ3n) is 1.82. The van der Waals surface area contributed by atoms with E-state index in [1.54, 1.807) is 18.2 Å². The first-order valence-electron chi connectivity index (χ1n) is 4.48. The number of benzene rings is 1. The van der Waals surface area contributed by atoms with Gasteiger partial charge in [0.15, 0.2) is 0 Å². The lowest BCUT2D eigenvalue weighted by Gasteiger charge is -2.11. The van der Waals surface area contributed by atoms with Crippen LogP contribution in [0.5, 0.6) is 5.75 Å². The topological polar surface area (TPSA) is 69.9 Å². The molecule has 0 amide bonds. The molecule has 0 bridgehead atoms. The fourth-order valence-electron chi connectivity index (χ4n) is 0.998. The summed E-state index contributed by atoms with van der Waals surface area (Å²) in [6.07, 6.45) is -0.880. The fourth-order valence-corrected chi connectivity index (χ4v) is 1.54. The molecule has 4 nitrogen and oxygen atoms in total. The van der Waals surface area contributed by atoms with Crippen LogP contribution in [0.15, 0.2) is 22.7 Å². The standard InChI is InChI=1S/C10H13BrO4/c11-9-3-7(4-12)1-2-10(9)15-6-8(14)5-13/h1-3,8,12-14H,4-6H2. The molecule has 1 unspecified atom stereocenters. The van der Waals surface area contributed by atoms with Gasteiger partial charge in [-0.05, 0) is 33.6 Å². The van der Waals surface area contributed by atoms with Crippen molar-refractivity contribution in [3.8, 4) is 5.75 Å². The Morgan fingerprint density at radius 2 is 2.07 bits per heavy atom. The molecule has 0 spiro atoms. The Hall–Kier alpha value is -0.620. The molecule has 0 aromatic heterocycles. The van der Waals surface area contributed by atoms with Crippen molar-refractivity contribution < 1.29 is 20.1 Å². The Morgan fingerprint density at radius 3 is 2.60 bits per heavy atom. The number of hydrogen-bond donors (Lipinski definition) is 3. The van der Waals surface area contributed by atoms with Crippen molar-refractivity contribution in [1.82, 2.24) is 0 Å². The van der Waals surface area contributed by atoms with E-state index in [-0.39, 0.29) is 19.8 Å². The third kappa shape index (κ3) is 3.79. The summed E-state index contributed by atoms with van der Waals surface area (Å²) in [6, 6.07) is 5.16. The lowest BCUT2D eigenvalue weighted by atomic mass is 10.2. The van der Waals surface area contributed by atoms with Crippen molar-refractivity contribution in [2.24, 2.45) is 0 Å². The first kappa shape index (κ1) is 12.4. The van der Waals surface area contributed by atoms with Gasteiger partial charge in [0.1, 0.15) is 18.5 Å². The van der Waals surface area contributed by atoms with Gasteiger partial charge in [0, 0.05) is 0 Å². The monoisotopic (exact) mass is 276 g/mol. The minimum absolute atomic E-state index is 0.0296. The molecule has 3 N–H and O–H groups in total. The Labute approximate surface area is 96.3 Å². The molecular formula is C10H13BrO4. The zero-order valence-corrected chi connectivity index (χ0v) is 9.64. The fraction of sp³-hybridized carbons (Fsp3) is 0.400. The van der Waals surface area contributed by atoms with Crippen molar-refractivity contribution in [3.05, 3.63) is 28.2 Å². The number of aliphatic hydroxyl groups is 3. The van der Waals surface area contributed by atoms with Crippen LogP contribution in [0, 0.1) is 0 Å². The molecule has 1 rings (SSSR count). The van der Waals surface area contributed by atoms with E-state index < -0.39 is 6.10 Å². The summed E-state index contributed by atoms with van der Waals surface area (Å²) in [6.45, 7) is -0.321. The van der Waals surface area contributed by atoms with Crippen molar-refractivity contribution in [1.29, 1.82) is 0 Å². The summed E-state index contributed by atoms with van der Waals surface area (Å²) in [5.74, 6) is 0.569. The number of ether oxygens (including phenoxy) is 1. The van der Waals surface area contributed by atoms with Crippen LogP contribution in [0.4, 0.5) is 0 Å². The smallest absolute Gasteiger partial charge is 0.133 e. The van der Waals surface area contributed by atoms with E-state index in [0.29, 0.717) is 10.2 Å². The van der Waals surface area contributed by atoms with E-state index in [4.69, 9.17) is 20.1 Å². The van der Waals surface area contributed by atoms with Crippen LogP contribution in [0.1, 0.15) is 5.56 Å². The Morgan fingerprint density at radius 1 is 1.33 bits per heavy atom. The van der Waals surface area contributed by atoms with Crippen LogP contribution in [-0.4, -0.2) is 34.6 Å². The summed E-state index contributed by atoms with van der Waals surface area (Å²) in [4.78, 5) is 0. The first-order valence-corrected chi connectivity index (χ1v) is 5.27. The van der Waals surface area contributed by atoms with Gasteiger partial charge in [-0.2, -0.15) is 0 Å². The second kappa shape index (κ2) is 6.07. The van der Waals surface area contributed by atoms with E-state index >= 15 is 0 Å². The van der Waals surface area contributed by atoms with E-state index in [0.717, 1.165) is 5.56 Å². The minimum atomic E-state index is -0.880. The zero-order valence-electron chi connectivity index (χ0n) is 8.06. The van der Waals surface area contributed by atoms with Gasteiger partial charge in [-0.1, -0.05) is 6.07 Å². The molecule has 1 aromatic carbocycles. The van der Waals surface area contributed by atoms with E-state index in [9.17, 15) is 0 Å². The molecule has 0 aliphatic rings. The van der Waals surface area contributed by atoms with Gasteiger partial charge >= 0.3 is 0 Å². The molecule has 0 radical (unpaired) electrons. The second-order valence-corrected chi connectivity index (χ2v) is 3.92. The van der Waals surface area contributed by atoms with Gasteiger partial charge in [0.25, 0.3) is 0 Å². The molecule has 0 aliphatic heterocycles. The lowest BCUT2D eigenvalue weighted by molar-refractivity contribution is 0.0533. The first-order chi connectivity index (χ1) is 7.17.